The van der Waals surface area contributed by atoms with Crippen molar-refractivity contribution in [2.24, 2.45) is 0 Å². The van der Waals surface area contributed by atoms with E-state index in [9.17, 15) is 14.7 Å². The molecule has 0 radical (unpaired) electrons. The molecular formula is C15H12O5. The molecule has 0 unspecified atom stereocenters. The highest BCUT2D eigenvalue weighted by Gasteiger charge is 2.14. The largest absolute Gasteiger partial charge is 0.508 e. The highest BCUT2D eigenvalue weighted by molar-refractivity contribution is 6.07. The summed E-state index contributed by atoms with van der Waals surface area (Å²) in [6.07, 6.45) is 4.10. The lowest BCUT2D eigenvalue weighted by molar-refractivity contribution is 0.0564. The maximum Gasteiger partial charge on any atom is 0.374 e. The number of methoxy groups -OCH3 is 1. The van der Waals surface area contributed by atoms with Crippen LogP contribution in [-0.2, 0) is 4.74 Å². The summed E-state index contributed by atoms with van der Waals surface area (Å²) in [5.41, 5.74) is 0.801. The van der Waals surface area contributed by atoms with Crippen molar-refractivity contribution in [3.05, 3.63) is 59.6 Å². The van der Waals surface area contributed by atoms with Crippen LogP contribution in [0.1, 0.15) is 26.5 Å². The number of hydrogen-bond acceptors (Lipinski definition) is 5. The SMILES string of the molecule is COC(=O)c1occc1C=CC(=O)c1cccc(O)c1. The lowest BCUT2D eigenvalue weighted by atomic mass is 10.1. The molecule has 0 atom stereocenters. The standard InChI is InChI=1S/C15H12O5/c1-19-15(18)14-10(7-8-20-14)5-6-13(17)11-3-2-4-12(16)9-11/h2-9,16H,1H3. The van der Waals surface area contributed by atoms with E-state index in [4.69, 9.17) is 4.42 Å². The number of furan rings is 1. The van der Waals surface area contributed by atoms with Gasteiger partial charge in [-0.1, -0.05) is 12.1 Å². The van der Waals surface area contributed by atoms with Gasteiger partial charge >= 0.3 is 5.97 Å². The van der Waals surface area contributed by atoms with Gasteiger partial charge in [-0.15, -0.1) is 0 Å². The van der Waals surface area contributed by atoms with E-state index in [1.165, 1.54) is 37.7 Å². The fourth-order valence-corrected chi connectivity index (χ4v) is 1.63. The van der Waals surface area contributed by atoms with Gasteiger partial charge in [-0.05, 0) is 30.4 Å². The van der Waals surface area contributed by atoms with E-state index in [-0.39, 0.29) is 17.3 Å². The van der Waals surface area contributed by atoms with E-state index < -0.39 is 5.97 Å². The topological polar surface area (TPSA) is 76.7 Å². The van der Waals surface area contributed by atoms with Crippen molar-refractivity contribution in [3.8, 4) is 5.75 Å². The predicted molar refractivity (Wildman–Crippen MR) is 71.5 cm³/mol. The minimum Gasteiger partial charge on any atom is -0.508 e. The molecule has 0 saturated carbocycles. The van der Waals surface area contributed by atoms with Gasteiger partial charge in [-0.2, -0.15) is 0 Å². The molecule has 0 bridgehead atoms. The van der Waals surface area contributed by atoms with Crippen LogP contribution in [0.4, 0.5) is 0 Å². The number of benzene rings is 1. The van der Waals surface area contributed by atoms with Crippen molar-refractivity contribution < 1.29 is 23.8 Å². The summed E-state index contributed by atoms with van der Waals surface area (Å²) in [7, 11) is 1.25. The maximum absolute atomic E-state index is 11.9. The number of allylic oxidation sites excluding steroid dienone is 1. The number of rotatable bonds is 4. The van der Waals surface area contributed by atoms with Crippen LogP contribution in [0.3, 0.4) is 0 Å². The lowest BCUT2D eigenvalue weighted by Gasteiger charge is -1.97. The summed E-state index contributed by atoms with van der Waals surface area (Å²) in [4.78, 5) is 23.3. The molecule has 2 rings (SSSR count). The van der Waals surface area contributed by atoms with Gasteiger partial charge in [-0.25, -0.2) is 4.79 Å². The molecule has 0 spiro atoms. The van der Waals surface area contributed by atoms with E-state index in [1.54, 1.807) is 18.2 Å². The van der Waals surface area contributed by atoms with Crippen molar-refractivity contribution in [1.29, 1.82) is 0 Å². The fourth-order valence-electron chi connectivity index (χ4n) is 1.63. The Kier molecular flexibility index (Phi) is 4.00. The summed E-state index contributed by atoms with van der Waals surface area (Å²) in [6.45, 7) is 0. The number of hydrogen-bond donors (Lipinski definition) is 1. The Labute approximate surface area is 115 Å². The second-order valence-corrected chi connectivity index (χ2v) is 3.94. The summed E-state index contributed by atoms with van der Waals surface area (Å²) in [5.74, 6) is -0.854. The summed E-state index contributed by atoms with van der Waals surface area (Å²) >= 11 is 0. The van der Waals surface area contributed by atoms with E-state index >= 15 is 0 Å². The number of phenolic OH excluding ortho intramolecular Hbond substituents is 1. The first kappa shape index (κ1) is 13.6. The van der Waals surface area contributed by atoms with Gasteiger partial charge in [0, 0.05) is 11.1 Å². The van der Waals surface area contributed by atoms with Crippen LogP contribution in [0.2, 0.25) is 0 Å². The first-order valence-corrected chi connectivity index (χ1v) is 5.79. The van der Waals surface area contributed by atoms with E-state index in [1.807, 2.05) is 0 Å². The van der Waals surface area contributed by atoms with Crippen LogP contribution in [0.25, 0.3) is 6.08 Å². The number of carbonyl (C=O) groups excluding carboxylic acids is 2. The smallest absolute Gasteiger partial charge is 0.374 e. The highest BCUT2D eigenvalue weighted by Crippen LogP contribution is 2.16. The van der Waals surface area contributed by atoms with Gasteiger partial charge in [0.2, 0.25) is 5.76 Å². The van der Waals surface area contributed by atoms with Gasteiger partial charge in [0.15, 0.2) is 5.78 Å². The van der Waals surface area contributed by atoms with Gasteiger partial charge in [0.05, 0.1) is 13.4 Å². The summed E-state index contributed by atoms with van der Waals surface area (Å²) < 4.78 is 9.56. The average Bonchev–Trinajstić information content (AvgIpc) is 2.92. The van der Waals surface area contributed by atoms with Crippen LogP contribution < -0.4 is 0 Å². The molecule has 1 aromatic heterocycles. The zero-order valence-electron chi connectivity index (χ0n) is 10.7. The molecule has 20 heavy (non-hydrogen) atoms. The van der Waals surface area contributed by atoms with Crippen LogP contribution in [0.15, 0.2) is 47.1 Å². The minimum absolute atomic E-state index is 0.0165. The number of ketones is 1. The normalized spacial score (nSPS) is 10.7. The molecule has 0 aliphatic rings. The Bertz CT molecular complexity index is 666. The molecule has 5 heteroatoms. The van der Waals surface area contributed by atoms with Crippen molar-refractivity contribution >= 4 is 17.8 Å². The van der Waals surface area contributed by atoms with Crippen molar-refractivity contribution in [1.82, 2.24) is 0 Å². The van der Waals surface area contributed by atoms with Crippen LogP contribution >= 0.6 is 0 Å². The van der Waals surface area contributed by atoms with Gasteiger partial charge in [0.25, 0.3) is 0 Å². The molecule has 0 saturated heterocycles. The maximum atomic E-state index is 11.9. The fraction of sp³-hybridized carbons (Fsp3) is 0.0667. The van der Waals surface area contributed by atoms with Gasteiger partial charge in [0.1, 0.15) is 5.75 Å². The third kappa shape index (κ3) is 2.95. The Morgan fingerprint density at radius 1 is 1.30 bits per heavy atom. The molecule has 1 N–H and O–H groups in total. The molecular weight excluding hydrogens is 260 g/mol. The van der Waals surface area contributed by atoms with Crippen LogP contribution in [0, 0.1) is 0 Å². The third-order valence-corrected chi connectivity index (χ3v) is 2.61. The van der Waals surface area contributed by atoms with Crippen LogP contribution in [0.5, 0.6) is 5.75 Å². The monoisotopic (exact) mass is 272 g/mol. The second kappa shape index (κ2) is 5.88. The first-order valence-electron chi connectivity index (χ1n) is 5.79. The molecule has 0 aliphatic heterocycles. The van der Waals surface area contributed by atoms with Crippen molar-refractivity contribution in [2.75, 3.05) is 7.11 Å². The highest BCUT2D eigenvalue weighted by atomic mass is 16.5. The van der Waals surface area contributed by atoms with Crippen molar-refractivity contribution in [2.45, 2.75) is 0 Å². The molecule has 0 fully saturated rings. The molecule has 2 aromatic rings. The van der Waals surface area contributed by atoms with E-state index in [2.05, 4.69) is 4.74 Å². The van der Waals surface area contributed by atoms with Gasteiger partial charge in [-0.3, -0.25) is 4.79 Å². The first-order chi connectivity index (χ1) is 9.61. The number of ether oxygens (including phenoxy) is 1. The predicted octanol–water partition coefficient (Wildman–Crippen LogP) is 2.67. The zero-order chi connectivity index (χ0) is 14.5. The number of aromatic hydroxyl groups is 1. The Hall–Kier alpha value is -2.82. The molecule has 102 valence electrons. The Balaban J connectivity index is 2.20. The number of esters is 1. The lowest BCUT2D eigenvalue weighted by Crippen LogP contribution is -2.01. The molecule has 5 nitrogen and oxygen atoms in total. The minimum atomic E-state index is -0.612. The molecule has 1 heterocycles. The Morgan fingerprint density at radius 3 is 2.80 bits per heavy atom. The number of phenols is 1. The molecule has 0 amide bonds. The zero-order valence-corrected chi connectivity index (χ0v) is 10.7. The summed E-state index contributed by atoms with van der Waals surface area (Å²) in [5, 5.41) is 9.31. The van der Waals surface area contributed by atoms with E-state index in [0.717, 1.165) is 0 Å². The number of carbonyl (C=O) groups is 2. The second-order valence-electron chi connectivity index (χ2n) is 3.94. The quantitative estimate of drug-likeness (QED) is 0.526. The molecule has 0 aliphatic carbocycles. The summed E-state index contributed by atoms with van der Waals surface area (Å²) in [6, 6.07) is 7.56. The molecule has 1 aromatic carbocycles. The third-order valence-electron chi connectivity index (χ3n) is 2.61. The van der Waals surface area contributed by atoms with Crippen LogP contribution in [-0.4, -0.2) is 24.0 Å². The average molecular weight is 272 g/mol. The van der Waals surface area contributed by atoms with Gasteiger partial charge < -0.3 is 14.3 Å². The van der Waals surface area contributed by atoms with Crippen molar-refractivity contribution in [3.63, 3.8) is 0 Å². The Morgan fingerprint density at radius 2 is 2.10 bits per heavy atom. The van der Waals surface area contributed by atoms with E-state index in [0.29, 0.717) is 11.1 Å².